The number of halogens is 1. The van der Waals surface area contributed by atoms with Gasteiger partial charge < -0.3 is 9.72 Å². The summed E-state index contributed by atoms with van der Waals surface area (Å²) in [7, 11) is 0. The molecule has 23 heavy (non-hydrogen) atoms. The summed E-state index contributed by atoms with van der Waals surface area (Å²) in [6.07, 6.45) is 0.668. The standard InChI is InChI=1S/C18H14FNO3/c1-11(23-18(22)12-6-8-13(19)9-7-12)17(21)15-10-20-16-5-3-2-4-14(15)16/h2-11,20H,1H3/t11-/m0/s1. The van der Waals surface area contributed by atoms with Crippen LogP contribution in [0.15, 0.2) is 54.7 Å². The SMILES string of the molecule is C[C@H](OC(=O)c1ccc(F)cc1)C(=O)c1c[nH]c2ccccc12. The molecule has 2 aromatic carbocycles. The Labute approximate surface area is 131 Å². The number of carbonyl (C=O) groups excluding carboxylic acids is 2. The van der Waals surface area contributed by atoms with Gasteiger partial charge in [-0.15, -0.1) is 0 Å². The molecule has 116 valence electrons. The van der Waals surface area contributed by atoms with E-state index in [0.717, 1.165) is 10.9 Å². The third-order valence-corrected chi connectivity index (χ3v) is 3.59. The molecule has 5 heteroatoms. The van der Waals surface area contributed by atoms with Crippen LogP contribution in [0.1, 0.15) is 27.6 Å². The fourth-order valence-corrected chi connectivity index (χ4v) is 2.36. The predicted octanol–water partition coefficient (Wildman–Crippen LogP) is 3.74. The number of fused-ring (bicyclic) bond motifs is 1. The number of carbonyl (C=O) groups is 2. The highest BCUT2D eigenvalue weighted by Gasteiger charge is 2.22. The Morgan fingerprint density at radius 2 is 1.78 bits per heavy atom. The monoisotopic (exact) mass is 311 g/mol. The van der Waals surface area contributed by atoms with Crippen molar-refractivity contribution < 1.29 is 18.7 Å². The summed E-state index contributed by atoms with van der Waals surface area (Å²) in [4.78, 5) is 27.5. The number of nitrogens with one attached hydrogen (secondary N) is 1. The quantitative estimate of drug-likeness (QED) is 0.590. The molecule has 0 saturated carbocycles. The molecule has 0 unspecified atom stereocenters. The second kappa shape index (κ2) is 6.04. The molecule has 0 spiro atoms. The number of benzene rings is 2. The maximum atomic E-state index is 12.9. The summed E-state index contributed by atoms with van der Waals surface area (Å²) in [5, 5.41) is 0.780. The van der Waals surface area contributed by atoms with Crippen molar-refractivity contribution in [1.82, 2.24) is 4.98 Å². The van der Waals surface area contributed by atoms with Crippen LogP contribution in [-0.2, 0) is 4.74 Å². The first kappa shape index (κ1) is 15.0. The van der Waals surface area contributed by atoms with Crippen LogP contribution in [-0.4, -0.2) is 22.8 Å². The number of esters is 1. The van der Waals surface area contributed by atoms with Gasteiger partial charge in [0.05, 0.1) is 5.56 Å². The van der Waals surface area contributed by atoms with Gasteiger partial charge in [0.2, 0.25) is 5.78 Å². The molecular weight excluding hydrogens is 297 g/mol. The molecule has 0 saturated heterocycles. The Balaban J connectivity index is 1.77. The number of rotatable bonds is 4. The van der Waals surface area contributed by atoms with Crippen LogP contribution in [0.2, 0.25) is 0 Å². The van der Waals surface area contributed by atoms with E-state index >= 15 is 0 Å². The van der Waals surface area contributed by atoms with Gasteiger partial charge in [-0.05, 0) is 37.3 Å². The van der Waals surface area contributed by atoms with Crippen molar-refractivity contribution in [3.63, 3.8) is 0 Å². The third-order valence-electron chi connectivity index (χ3n) is 3.59. The molecular formula is C18H14FNO3. The maximum absolute atomic E-state index is 12.9. The molecule has 3 rings (SSSR count). The van der Waals surface area contributed by atoms with Crippen LogP contribution in [0, 0.1) is 5.82 Å². The van der Waals surface area contributed by atoms with Gasteiger partial charge in [-0.25, -0.2) is 9.18 Å². The second-order valence-corrected chi connectivity index (χ2v) is 5.17. The number of Topliss-reactive ketones (excluding diaryl/α,β-unsaturated/α-hetero) is 1. The summed E-state index contributed by atoms with van der Waals surface area (Å²) in [5.41, 5.74) is 1.51. The maximum Gasteiger partial charge on any atom is 0.338 e. The number of aromatic amines is 1. The number of ether oxygens (including phenoxy) is 1. The van der Waals surface area contributed by atoms with Crippen LogP contribution in [0.25, 0.3) is 10.9 Å². The van der Waals surface area contributed by atoms with E-state index in [4.69, 9.17) is 4.74 Å². The predicted molar refractivity (Wildman–Crippen MR) is 83.9 cm³/mol. The van der Waals surface area contributed by atoms with Crippen LogP contribution in [0.5, 0.6) is 0 Å². The number of hydrogen-bond acceptors (Lipinski definition) is 3. The van der Waals surface area contributed by atoms with Gasteiger partial charge in [0, 0.05) is 22.7 Å². The van der Waals surface area contributed by atoms with Crippen molar-refractivity contribution in [3.8, 4) is 0 Å². The first-order valence-corrected chi connectivity index (χ1v) is 7.13. The van der Waals surface area contributed by atoms with Crippen molar-refractivity contribution in [2.75, 3.05) is 0 Å². The molecule has 0 aliphatic carbocycles. The molecule has 3 aromatic rings. The summed E-state index contributed by atoms with van der Waals surface area (Å²) < 4.78 is 18.1. The average Bonchev–Trinajstić information content (AvgIpc) is 2.98. The van der Waals surface area contributed by atoms with Gasteiger partial charge in [0.1, 0.15) is 5.82 Å². The first-order valence-electron chi connectivity index (χ1n) is 7.13. The Morgan fingerprint density at radius 3 is 2.52 bits per heavy atom. The molecule has 1 heterocycles. The largest absolute Gasteiger partial charge is 0.451 e. The van der Waals surface area contributed by atoms with Gasteiger partial charge in [-0.3, -0.25) is 4.79 Å². The lowest BCUT2D eigenvalue weighted by Crippen LogP contribution is -2.24. The lowest BCUT2D eigenvalue weighted by molar-refractivity contribution is 0.0319. The second-order valence-electron chi connectivity index (χ2n) is 5.17. The Morgan fingerprint density at radius 1 is 1.09 bits per heavy atom. The van der Waals surface area contributed by atoms with Gasteiger partial charge in [-0.2, -0.15) is 0 Å². The zero-order valence-electron chi connectivity index (χ0n) is 12.4. The molecule has 0 aliphatic rings. The van der Waals surface area contributed by atoms with E-state index in [0.29, 0.717) is 5.56 Å². The fraction of sp³-hybridized carbons (Fsp3) is 0.111. The highest BCUT2D eigenvalue weighted by atomic mass is 19.1. The van der Waals surface area contributed by atoms with Crippen molar-refractivity contribution >= 4 is 22.7 Å². The summed E-state index contributed by atoms with van der Waals surface area (Å²) in [6, 6.07) is 12.4. The Hall–Kier alpha value is -2.95. The van der Waals surface area contributed by atoms with Crippen LogP contribution >= 0.6 is 0 Å². The Bertz CT molecular complexity index is 867. The van der Waals surface area contributed by atoms with Crippen molar-refractivity contribution in [1.29, 1.82) is 0 Å². The van der Waals surface area contributed by atoms with Gasteiger partial charge >= 0.3 is 5.97 Å². The van der Waals surface area contributed by atoms with E-state index in [1.54, 1.807) is 6.20 Å². The van der Waals surface area contributed by atoms with Crippen molar-refractivity contribution in [3.05, 3.63) is 71.7 Å². The summed E-state index contributed by atoms with van der Waals surface area (Å²) >= 11 is 0. The number of hydrogen-bond donors (Lipinski definition) is 1. The minimum absolute atomic E-state index is 0.199. The molecule has 0 fully saturated rings. The summed E-state index contributed by atoms with van der Waals surface area (Å²) in [5.74, 6) is -1.40. The molecule has 0 radical (unpaired) electrons. The molecule has 4 nitrogen and oxygen atoms in total. The zero-order valence-corrected chi connectivity index (χ0v) is 12.4. The van der Waals surface area contributed by atoms with E-state index in [1.165, 1.54) is 31.2 Å². The molecule has 1 aromatic heterocycles. The number of H-pyrrole nitrogens is 1. The fourth-order valence-electron chi connectivity index (χ4n) is 2.36. The summed E-state index contributed by atoms with van der Waals surface area (Å²) in [6.45, 7) is 1.52. The van der Waals surface area contributed by atoms with E-state index in [1.807, 2.05) is 24.3 Å². The van der Waals surface area contributed by atoms with Gasteiger partial charge in [-0.1, -0.05) is 18.2 Å². The lowest BCUT2D eigenvalue weighted by atomic mass is 10.1. The third kappa shape index (κ3) is 2.99. The smallest absolute Gasteiger partial charge is 0.338 e. The number of para-hydroxylation sites is 1. The van der Waals surface area contributed by atoms with E-state index in [2.05, 4.69) is 4.98 Å². The molecule has 1 N–H and O–H groups in total. The highest BCUT2D eigenvalue weighted by Crippen LogP contribution is 2.20. The lowest BCUT2D eigenvalue weighted by Gasteiger charge is -2.12. The van der Waals surface area contributed by atoms with E-state index in [-0.39, 0.29) is 11.3 Å². The zero-order chi connectivity index (χ0) is 16.4. The van der Waals surface area contributed by atoms with Crippen molar-refractivity contribution in [2.24, 2.45) is 0 Å². The molecule has 0 bridgehead atoms. The normalized spacial score (nSPS) is 12.1. The molecule has 1 atom stereocenters. The van der Waals surface area contributed by atoms with E-state index in [9.17, 15) is 14.0 Å². The minimum atomic E-state index is -0.938. The van der Waals surface area contributed by atoms with Gasteiger partial charge in [0.15, 0.2) is 6.10 Å². The average molecular weight is 311 g/mol. The number of aromatic nitrogens is 1. The van der Waals surface area contributed by atoms with Crippen molar-refractivity contribution in [2.45, 2.75) is 13.0 Å². The Kier molecular flexibility index (Phi) is 3.93. The van der Waals surface area contributed by atoms with Crippen LogP contribution in [0.3, 0.4) is 0 Å². The van der Waals surface area contributed by atoms with Crippen LogP contribution in [0.4, 0.5) is 4.39 Å². The topological polar surface area (TPSA) is 59.2 Å². The molecule has 0 aliphatic heterocycles. The highest BCUT2D eigenvalue weighted by molar-refractivity contribution is 6.10. The molecule has 0 amide bonds. The van der Waals surface area contributed by atoms with Crippen LogP contribution < -0.4 is 0 Å². The minimum Gasteiger partial charge on any atom is -0.451 e. The first-order chi connectivity index (χ1) is 11.1. The number of ketones is 1. The van der Waals surface area contributed by atoms with E-state index < -0.39 is 17.9 Å². The van der Waals surface area contributed by atoms with Gasteiger partial charge in [0.25, 0.3) is 0 Å².